The minimum Gasteiger partial charge on any atom is -0.388 e. The highest BCUT2D eigenvalue weighted by molar-refractivity contribution is 5.77. The Labute approximate surface area is 97.3 Å². The van der Waals surface area contributed by atoms with Gasteiger partial charge in [0.1, 0.15) is 13.2 Å². The number of rotatable bonds is 3. The number of likely N-dealkylation sites (tertiary alicyclic amines) is 1. The summed E-state index contributed by atoms with van der Waals surface area (Å²) < 4.78 is 39.6. The maximum absolute atomic E-state index is 11.8. The lowest BCUT2D eigenvalue weighted by Gasteiger charge is -2.36. The Bertz CT molecular complexity index is 278. The lowest BCUT2D eigenvalue weighted by Crippen LogP contribution is -2.49. The molecule has 17 heavy (non-hydrogen) atoms. The Morgan fingerprint density at radius 1 is 1.53 bits per heavy atom. The van der Waals surface area contributed by atoms with Crippen LogP contribution in [-0.2, 0) is 9.53 Å². The molecule has 0 aromatic rings. The monoisotopic (exact) mass is 255 g/mol. The zero-order valence-electron chi connectivity index (χ0n) is 9.59. The molecule has 1 aliphatic heterocycles. The number of β-amino-alcohol motifs (C(OH)–C–C–N with tert-alkyl or cyclic N) is 1. The van der Waals surface area contributed by atoms with Gasteiger partial charge in [0.15, 0.2) is 0 Å². The number of carbonyl (C=O) groups excluding carboxylic acids is 1. The third kappa shape index (κ3) is 5.36. The van der Waals surface area contributed by atoms with Crippen molar-refractivity contribution in [2.75, 3.05) is 26.3 Å². The first-order chi connectivity index (χ1) is 7.70. The fourth-order valence-electron chi connectivity index (χ4n) is 1.78. The number of nitrogens with zero attached hydrogens (tertiary/aromatic N) is 1. The molecule has 0 aromatic heterocycles. The largest absolute Gasteiger partial charge is 0.411 e. The van der Waals surface area contributed by atoms with Crippen molar-refractivity contribution in [3.63, 3.8) is 0 Å². The van der Waals surface area contributed by atoms with Crippen molar-refractivity contribution in [1.29, 1.82) is 0 Å². The summed E-state index contributed by atoms with van der Waals surface area (Å²) in [6.07, 6.45) is -3.20. The van der Waals surface area contributed by atoms with Crippen molar-refractivity contribution in [1.82, 2.24) is 4.90 Å². The lowest BCUT2D eigenvalue weighted by atomic mass is 9.95. The summed E-state index contributed by atoms with van der Waals surface area (Å²) in [7, 11) is 0. The average molecular weight is 255 g/mol. The molecule has 1 heterocycles. The standard InChI is InChI=1S/C10H16F3NO3/c1-9(16)3-2-4-14(6-9)8(15)5-17-7-10(11,12)13/h16H,2-7H2,1H3. The quantitative estimate of drug-likeness (QED) is 0.816. The van der Waals surface area contributed by atoms with E-state index < -0.39 is 30.9 Å². The number of piperidine rings is 1. The molecule has 0 bridgehead atoms. The van der Waals surface area contributed by atoms with E-state index >= 15 is 0 Å². The Kier molecular flexibility index (Phi) is 4.37. The molecule has 7 heteroatoms. The molecule has 100 valence electrons. The summed E-state index contributed by atoms with van der Waals surface area (Å²) in [5.74, 6) is -0.519. The minimum absolute atomic E-state index is 0.140. The van der Waals surface area contributed by atoms with E-state index in [0.29, 0.717) is 19.4 Å². The average Bonchev–Trinajstić information content (AvgIpc) is 2.13. The Morgan fingerprint density at radius 3 is 2.71 bits per heavy atom. The molecule has 1 atom stereocenters. The molecule has 1 unspecified atom stereocenters. The van der Waals surface area contributed by atoms with Crippen LogP contribution in [0.4, 0.5) is 13.2 Å². The Morgan fingerprint density at radius 2 is 2.18 bits per heavy atom. The summed E-state index contributed by atoms with van der Waals surface area (Å²) in [5, 5.41) is 9.73. The van der Waals surface area contributed by atoms with Gasteiger partial charge in [-0.15, -0.1) is 0 Å². The predicted octanol–water partition coefficient (Wildman–Crippen LogP) is 0.939. The smallest absolute Gasteiger partial charge is 0.388 e. The number of carbonyl (C=O) groups is 1. The van der Waals surface area contributed by atoms with Crippen LogP contribution in [0.2, 0.25) is 0 Å². The first-order valence-corrected chi connectivity index (χ1v) is 5.34. The Balaban J connectivity index is 2.33. The van der Waals surface area contributed by atoms with Crippen LogP contribution in [0.3, 0.4) is 0 Å². The van der Waals surface area contributed by atoms with E-state index in [-0.39, 0.29) is 6.54 Å². The SMILES string of the molecule is CC1(O)CCCN(C(=O)COCC(F)(F)F)C1. The van der Waals surface area contributed by atoms with E-state index in [1.165, 1.54) is 4.90 Å². The number of halogens is 3. The molecule has 0 aliphatic carbocycles. The van der Waals surface area contributed by atoms with Gasteiger partial charge in [-0.1, -0.05) is 0 Å². The third-order valence-corrected chi connectivity index (χ3v) is 2.52. The highest BCUT2D eigenvalue weighted by Gasteiger charge is 2.32. The molecule has 1 N–H and O–H groups in total. The number of alkyl halides is 3. The van der Waals surface area contributed by atoms with Crippen LogP contribution >= 0.6 is 0 Å². The van der Waals surface area contributed by atoms with Gasteiger partial charge in [-0.2, -0.15) is 13.2 Å². The number of hydrogen-bond acceptors (Lipinski definition) is 3. The van der Waals surface area contributed by atoms with Gasteiger partial charge in [0, 0.05) is 13.1 Å². The molecule has 1 amide bonds. The maximum atomic E-state index is 11.8. The summed E-state index contributed by atoms with van der Waals surface area (Å²) in [6, 6.07) is 0. The second-order valence-corrected chi connectivity index (χ2v) is 4.52. The Hall–Kier alpha value is -0.820. The normalized spacial score (nSPS) is 26.1. The van der Waals surface area contributed by atoms with Crippen molar-refractivity contribution in [3.8, 4) is 0 Å². The van der Waals surface area contributed by atoms with Crippen molar-refractivity contribution in [2.24, 2.45) is 0 Å². The highest BCUT2D eigenvalue weighted by Crippen LogP contribution is 2.20. The molecule has 1 aliphatic rings. The molecule has 0 radical (unpaired) electrons. The minimum atomic E-state index is -4.42. The van der Waals surface area contributed by atoms with E-state index in [4.69, 9.17) is 0 Å². The second-order valence-electron chi connectivity index (χ2n) is 4.52. The van der Waals surface area contributed by atoms with Crippen molar-refractivity contribution in [3.05, 3.63) is 0 Å². The molecule has 1 rings (SSSR count). The van der Waals surface area contributed by atoms with Crippen LogP contribution < -0.4 is 0 Å². The zero-order chi connectivity index (χ0) is 13.1. The van der Waals surface area contributed by atoms with Gasteiger partial charge in [-0.25, -0.2) is 0 Å². The summed E-state index contributed by atoms with van der Waals surface area (Å²) in [4.78, 5) is 12.8. The van der Waals surface area contributed by atoms with Crippen molar-refractivity contribution >= 4 is 5.91 Å². The first kappa shape index (κ1) is 14.2. The highest BCUT2D eigenvalue weighted by atomic mass is 19.4. The topological polar surface area (TPSA) is 49.8 Å². The fourth-order valence-corrected chi connectivity index (χ4v) is 1.78. The van der Waals surface area contributed by atoms with E-state index in [2.05, 4.69) is 4.74 Å². The van der Waals surface area contributed by atoms with Crippen molar-refractivity contribution in [2.45, 2.75) is 31.5 Å². The molecular formula is C10H16F3NO3. The van der Waals surface area contributed by atoms with Crippen LogP contribution in [0.15, 0.2) is 0 Å². The number of amides is 1. The second kappa shape index (κ2) is 5.22. The molecule has 1 saturated heterocycles. The summed E-state index contributed by atoms with van der Waals surface area (Å²) in [5.41, 5.74) is -0.960. The van der Waals surface area contributed by atoms with Crippen LogP contribution in [0.25, 0.3) is 0 Å². The van der Waals surface area contributed by atoms with E-state index in [1.54, 1.807) is 6.92 Å². The molecular weight excluding hydrogens is 239 g/mol. The molecule has 0 saturated carbocycles. The van der Waals surface area contributed by atoms with Crippen molar-refractivity contribution < 1.29 is 27.8 Å². The van der Waals surface area contributed by atoms with Gasteiger partial charge in [0.05, 0.1) is 5.60 Å². The number of hydrogen-bond donors (Lipinski definition) is 1. The van der Waals surface area contributed by atoms with Crippen LogP contribution in [-0.4, -0.2) is 54.0 Å². The summed E-state index contributed by atoms with van der Waals surface area (Å²) >= 11 is 0. The molecule has 0 aromatic carbocycles. The van der Waals surface area contributed by atoms with Gasteiger partial charge in [-0.3, -0.25) is 4.79 Å². The number of ether oxygens (including phenoxy) is 1. The zero-order valence-corrected chi connectivity index (χ0v) is 9.59. The van der Waals surface area contributed by atoms with Gasteiger partial charge in [-0.05, 0) is 19.8 Å². The van der Waals surface area contributed by atoms with E-state index in [9.17, 15) is 23.1 Å². The van der Waals surface area contributed by atoms with Gasteiger partial charge in [0.25, 0.3) is 0 Å². The predicted molar refractivity (Wildman–Crippen MR) is 53.3 cm³/mol. The van der Waals surface area contributed by atoms with Gasteiger partial charge < -0.3 is 14.7 Å². The fraction of sp³-hybridized carbons (Fsp3) is 0.900. The molecule has 0 spiro atoms. The van der Waals surface area contributed by atoms with Gasteiger partial charge in [0.2, 0.25) is 5.91 Å². The van der Waals surface area contributed by atoms with E-state index in [0.717, 1.165) is 0 Å². The maximum Gasteiger partial charge on any atom is 0.411 e. The van der Waals surface area contributed by atoms with E-state index in [1.807, 2.05) is 0 Å². The third-order valence-electron chi connectivity index (χ3n) is 2.52. The molecule has 4 nitrogen and oxygen atoms in total. The summed E-state index contributed by atoms with van der Waals surface area (Å²) in [6.45, 7) is 0.160. The molecule has 1 fully saturated rings. The van der Waals surface area contributed by atoms with Crippen LogP contribution in [0.5, 0.6) is 0 Å². The first-order valence-electron chi connectivity index (χ1n) is 5.34. The van der Waals surface area contributed by atoms with Gasteiger partial charge >= 0.3 is 6.18 Å². The number of aliphatic hydroxyl groups is 1. The van der Waals surface area contributed by atoms with Crippen LogP contribution in [0, 0.1) is 0 Å². The lowest BCUT2D eigenvalue weighted by molar-refractivity contribution is -0.179. The van der Waals surface area contributed by atoms with Crippen LogP contribution in [0.1, 0.15) is 19.8 Å².